The van der Waals surface area contributed by atoms with Crippen LogP contribution in [0.1, 0.15) is 24.8 Å². The lowest BCUT2D eigenvalue weighted by atomic mass is 10.2. The van der Waals surface area contributed by atoms with Crippen molar-refractivity contribution in [3.05, 3.63) is 35.9 Å². The number of rotatable bonds is 6. The smallest absolute Gasteiger partial charge is 0.279 e. The second-order valence-corrected chi connectivity index (χ2v) is 8.28. The van der Waals surface area contributed by atoms with Crippen molar-refractivity contribution >= 4 is 10.2 Å². The Morgan fingerprint density at radius 2 is 1.83 bits per heavy atom. The van der Waals surface area contributed by atoms with Crippen molar-refractivity contribution in [2.75, 3.05) is 39.3 Å². The van der Waals surface area contributed by atoms with Crippen LogP contribution in [0.15, 0.2) is 30.3 Å². The molecule has 0 bridgehead atoms. The maximum Gasteiger partial charge on any atom is 0.279 e. The van der Waals surface area contributed by atoms with E-state index in [9.17, 15) is 8.42 Å². The summed E-state index contributed by atoms with van der Waals surface area (Å²) in [7, 11) is -3.49. The summed E-state index contributed by atoms with van der Waals surface area (Å²) in [4.78, 5) is 2.37. The van der Waals surface area contributed by atoms with Gasteiger partial charge in [-0.1, -0.05) is 30.3 Å². The molecule has 2 saturated heterocycles. The fourth-order valence-corrected chi connectivity index (χ4v) is 4.57. The minimum atomic E-state index is -3.49. The molecule has 1 N–H and O–H groups in total. The van der Waals surface area contributed by atoms with Gasteiger partial charge in [-0.25, -0.2) is 0 Å². The molecule has 134 valence electrons. The highest BCUT2D eigenvalue weighted by molar-refractivity contribution is 7.87. The Morgan fingerprint density at radius 1 is 1.08 bits per heavy atom. The molecular weight excluding hydrogens is 326 g/mol. The van der Waals surface area contributed by atoms with Crippen LogP contribution in [-0.2, 0) is 21.5 Å². The fourth-order valence-electron chi connectivity index (χ4n) is 3.31. The van der Waals surface area contributed by atoms with Crippen molar-refractivity contribution in [2.45, 2.75) is 31.9 Å². The number of nitrogens with zero attached hydrogens (tertiary/aromatic N) is 2. The molecule has 0 amide bonds. The van der Waals surface area contributed by atoms with Crippen LogP contribution in [-0.4, -0.2) is 63.1 Å². The van der Waals surface area contributed by atoms with Crippen LogP contribution in [0.25, 0.3) is 0 Å². The molecule has 6 nitrogen and oxygen atoms in total. The van der Waals surface area contributed by atoms with Crippen LogP contribution in [0.2, 0.25) is 0 Å². The third-order valence-electron chi connectivity index (χ3n) is 4.61. The number of hydrogen-bond acceptors (Lipinski definition) is 4. The minimum absolute atomic E-state index is 0.0427. The average Bonchev–Trinajstić information content (AvgIpc) is 2.97. The summed E-state index contributed by atoms with van der Waals surface area (Å²) in [6, 6.07) is 9.59. The topological polar surface area (TPSA) is 61.9 Å². The molecule has 2 aliphatic rings. The highest BCUT2D eigenvalue weighted by atomic mass is 32.2. The standard InChI is InChI=1S/C17H27N3O3S/c21-24(22,18-13-16-7-2-1-3-8-16)20-11-6-12-23-17(15-20)14-19-9-4-5-10-19/h1-3,7-8,17-18H,4-6,9-15H2. The van der Waals surface area contributed by atoms with E-state index in [1.807, 2.05) is 30.3 Å². The predicted molar refractivity (Wildman–Crippen MR) is 93.8 cm³/mol. The summed E-state index contributed by atoms with van der Waals surface area (Å²) in [5.74, 6) is 0. The Morgan fingerprint density at radius 3 is 2.58 bits per heavy atom. The largest absolute Gasteiger partial charge is 0.375 e. The van der Waals surface area contributed by atoms with Crippen molar-refractivity contribution in [1.29, 1.82) is 0 Å². The quantitative estimate of drug-likeness (QED) is 0.835. The Kier molecular flexibility index (Phi) is 6.24. The average molecular weight is 353 g/mol. The molecule has 7 heteroatoms. The zero-order valence-electron chi connectivity index (χ0n) is 14.1. The first-order chi connectivity index (χ1) is 11.6. The normalized spacial score (nSPS) is 24.1. The molecule has 2 aliphatic heterocycles. The van der Waals surface area contributed by atoms with Gasteiger partial charge in [0.05, 0.1) is 6.10 Å². The lowest BCUT2D eigenvalue weighted by molar-refractivity contribution is 0.0381. The molecule has 0 saturated carbocycles. The number of hydrogen-bond donors (Lipinski definition) is 1. The lowest BCUT2D eigenvalue weighted by Gasteiger charge is -2.26. The van der Waals surface area contributed by atoms with Gasteiger partial charge in [0.25, 0.3) is 10.2 Å². The maximum absolute atomic E-state index is 12.6. The van der Waals surface area contributed by atoms with E-state index in [2.05, 4.69) is 9.62 Å². The van der Waals surface area contributed by atoms with E-state index < -0.39 is 10.2 Å². The van der Waals surface area contributed by atoms with Crippen molar-refractivity contribution in [3.63, 3.8) is 0 Å². The SMILES string of the molecule is O=S(=O)(NCc1ccccc1)N1CCCOC(CN2CCCC2)C1. The number of ether oxygens (including phenoxy) is 1. The second kappa shape index (κ2) is 8.40. The van der Waals surface area contributed by atoms with Gasteiger partial charge in [-0.05, 0) is 37.9 Å². The van der Waals surface area contributed by atoms with Crippen LogP contribution < -0.4 is 4.72 Å². The molecule has 3 rings (SSSR count). The maximum atomic E-state index is 12.6. The molecule has 24 heavy (non-hydrogen) atoms. The molecule has 1 unspecified atom stereocenters. The van der Waals surface area contributed by atoms with Gasteiger partial charge in [0.15, 0.2) is 0 Å². The zero-order valence-corrected chi connectivity index (χ0v) is 14.9. The van der Waals surface area contributed by atoms with E-state index in [1.54, 1.807) is 4.31 Å². The highest BCUT2D eigenvalue weighted by Gasteiger charge is 2.29. The van der Waals surface area contributed by atoms with E-state index in [4.69, 9.17) is 4.74 Å². The van der Waals surface area contributed by atoms with Crippen LogP contribution >= 0.6 is 0 Å². The Balaban J connectivity index is 1.58. The monoisotopic (exact) mass is 353 g/mol. The third kappa shape index (κ3) is 5.00. The van der Waals surface area contributed by atoms with E-state index in [0.717, 1.165) is 31.6 Å². The van der Waals surface area contributed by atoms with Gasteiger partial charge < -0.3 is 9.64 Å². The van der Waals surface area contributed by atoms with E-state index >= 15 is 0 Å². The summed E-state index contributed by atoms with van der Waals surface area (Å²) in [5, 5.41) is 0. The Hall–Kier alpha value is -0.990. The van der Waals surface area contributed by atoms with E-state index in [-0.39, 0.29) is 6.10 Å². The Labute approximate surface area is 145 Å². The molecule has 1 aromatic carbocycles. The van der Waals surface area contributed by atoms with Gasteiger partial charge >= 0.3 is 0 Å². The molecule has 0 radical (unpaired) electrons. The van der Waals surface area contributed by atoms with Crippen LogP contribution in [0.3, 0.4) is 0 Å². The third-order valence-corrected chi connectivity index (χ3v) is 6.14. The second-order valence-electron chi connectivity index (χ2n) is 6.52. The Bertz CT molecular complexity index is 603. The van der Waals surface area contributed by atoms with Gasteiger partial charge in [-0.15, -0.1) is 0 Å². The molecule has 1 aromatic rings. The fraction of sp³-hybridized carbons (Fsp3) is 0.647. The zero-order chi connectivity index (χ0) is 16.8. The molecule has 2 fully saturated rings. The molecule has 0 aromatic heterocycles. The molecular formula is C17H27N3O3S. The summed E-state index contributed by atoms with van der Waals surface area (Å²) in [5.41, 5.74) is 0.959. The van der Waals surface area contributed by atoms with Gasteiger partial charge in [-0.3, -0.25) is 0 Å². The van der Waals surface area contributed by atoms with Crippen LogP contribution in [0, 0.1) is 0 Å². The number of likely N-dealkylation sites (tertiary alicyclic amines) is 1. The van der Waals surface area contributed by atoms with Crippen molar-refractivity contribution < 1.29 is 13.2 Å². The van der Waals surface area contributed by atoms with Gasteiger partial charge in [0.1, 0.15) is 0 Å². The van der Waals surface area contributed by atoms with Gasteiger partial charge in [-0.2, -0.15) is 17.4 Å². The molecule has 0 aliphatic carbocycles. The van der Waals surface area contributed by atoms with E-state index in [1.165, 1.54) is 12.8 Å². The first-order valence-electron chi connectivity index (χ1n) is 8.76. The van der Waals surface area contributed by atoms with Crippen molar-refractivity contribution in [2.24, 2.45) is 0 Å². The van der Waals surface area contributed by atoms with Crippen molar-refractivity contribution in [1.82, 2.24) is 13.9 Å². The van der Waals surface area contributed by atoms with Gasteiger partial charge in [0, 0.05) is 32.8 Å². The summed E-state index contributed by atoms with van der Waals surface area (Å²) < 4.78 is 35.4. The van der Waals surface area contributed by atoms with Gasteiger partial charge in [0.2, 0.25) is 0 Å². The number of benzene rings is 1. The van der Waals surface area contributed by atoms with E-state index in [0.29, 0.717) is 26.2 Å². The van der Waals surface area contributed by atoms with Crippen molar-refractivity contribution in [3.8, 4) is 0 Å². The number of nitrogens with one attached hydrogen (secondary N) is 1. The predicted octanol–water partition coefficient (Wildman–Crippen LogP) is 1.21. The summed E-state index contributed by atoms with van der Waals surface area (Å²) in [6.45, 7) is 4.91. The first kappa shape index (κ1) is 17.8. The minimum Gasteiger partial charge on any atom is -0.375 e. The molecule has 2 heterocycles. The van der Waals surface area contributed by atoms with Crippen LogP contribution in [0.4, 0.5) is 0 Å². The molecule has 0 spiro atoms. The van der Waals surface area contributed by atoms with Crippen LogP contribution in [0.5, 0.6) is 0 Å². The first-order valence-corrected chi connectivity index (χ1v) is 10.2. The summed E-state index contributed by atoms with van der Waals surface area (Å²) >= 11 is 0. The lowest BCUT2D eigenvalue weighted by Crippen LogP contribution is -2.46. The summed E-state index contributed by atoms with van der Waals surface area (Å²) in [6.07, 6.45) is 3.16. The highest BCUT2D eigenvalue weighted by Crippen LogP contribution is 2.14. The molecule has 1 atom stereocenters.